The molecule has 0 N–H and O–H groups in total. The van der Waals surface area contributed by atoms with E-state index in [1.807, 2.05) is 16.8 Å². The molecule has 0 bridgehead atoms. The Labute approximate surface area is 93.2 Å². The molecule has 2 aromatic heterocycles. The van der Waals surface area contributed by atoms with Crippen molar-refractivity contribution in [3.05, 3.63) is 49.7 Å². The first-order valence-corrected chi connectivity index (χ1v) is 5.72. The summed E-state index contributed by atoms with van der Waals surface area (Å²) in [5, 5.41) is 4.01. The Balaban J connectivity index is 2.34. The predicted molar refractivity (Wildman–Crippen MR) is 59.6 cm³/mol. The Morgan fingerprint density at radius 2 is 2.43 bits per heavy atom. The van der Waals surface area contributed by atoms with Gasteiger partial charge in [0.1, 0.15) is 4.47 Å². The second kappa shape index (κ2) is 4.06. The van der Waals surface area contributed by atoms with Crippen molar-refractivity contribution < 1.29 is 0 Å². The van der Waals surface area contributed by atoms with Crippen LogP contribution < -0.4 is 5.56 Å². The van der Waals surface area contributed by atoms with E-state index >= 15 is 0 Å². The number of hydrogen-bond donors (Lipinski definition) is 0. The number of thiophene rings is 1. The Hall–Kier alpha value is -0.940. The third-order valence-corrected chi connectivity index (χ3v) is 3.07. The van der Waals surface area contributed by atoms with E-state index in [-0.39, 0.29) is 5.56 Å². The van der Waals surface area contributed by atoms with Gasteiger partial charge >= 0.3 is 0 Å². The second-order valence-corrected chi connectivity index (χ2v) is 4.44. The standard InChI is InChI=1S/C9H7BrN2OS/c10-8-3-11-6-12(9(8)13)4-7-1-2-14-5-7/h1-3,5-6H,4H2. The third kappa shape index (κ3) is 1.93. The molecule has 0 saturated heterocycles. The fourth-order valence-electron chi connectivity index (χ4n) is 1.12. The quantitative estimate of drug-likeness (QED) is 0.838. The fourth-order valence-corrected chi connectivity index (χ4v) is 2.12. The van der Waals surface area contributed by atoms with Crippen LogP contribution in [0.2, 0.25) is 0 Å². The van der Waals surface area contributed by atoms with Gasteiger partial charge in [-0.3, -0.25) is 9.36 Å². The summed E-state index contributed by atoms with van der Waals surface area (Å²) < 4.78 is 2.07. The van der Waals surface area contributed by atoms with Gasteiger partial charge in [0.2, 0.25) is 0 Å². The minimum absolute atomic E-state index is 0.0498. The highest BCUT2D eigenvalue weighted by Gasteiger charge is 2.01. The summed E-state index contributed by atoms with van der Waals surface area (Å²) in [5.74, 6) is 0. The molecule has 2 rings (SSSR count). The van der Waals surface area contributed by atoms with Crippen molar-refractivity contribution in [2.75, 3.05) is 0 Å². The Kier molecular flexibility index (Phi) is 2.79. The monoisotopic (exact) mass is 270 g/mol. The fraction of sp³-hybridized carbons (Fsp3) is 0.111. The van der Waals surface area contributed by atoms with Crippen LogP contribution >= 0.6 is 27.3 Å². The van der Waals surface area contributed by atoms with E-state index < -0.39 is 0 Å². The van der Waals surface area contributed by atoms with Crippen LogP contribution in [0.3, 0.4) is 0 Å². The van der Waals surface area contributed by atoms with Crippen molar-refractivity contribution in [2.24, 2.45) is 0 Å². The molecule has 0 radical (unpaired) electrons. The van der Waals surface area contributed by atoms with Gasteiger partial charge in [0.25, 0.3) is 5.56 Å². The van der Waals surface area contributed by atoms with Gasteiger partial charge < -0.3 is 0 Å². The lowest BCUT2D eigenvalue weighted by atomic mass is 10.3. The summed E-state index contributed by atoms with van der Waals surface area (Å²) in [4.78, 5) is 15.5. The molecule has 0 aliphatic carbocycles. The van der Waals surface area contributed by atoms with Crippen LogP contribution in [0.25, 0.3) is 0 Å². The van der Waals surface area contributed by atoms with E-state index in [1.165, 1.54) is 6.20 Å². The van der Waals surface area contributed by atoms with Gasteiger partial charge in [-0.25, -0.2) is 4.98 Å². The van der Waals surface area contributed by atoms with Crippen LogP contribution in [-0.4, -0.2) is 9.55 Å². The van der Waals surface area contributed by atoms with E-state index in [2.05, 4.69) is 20.9 Å². The molecule has 0 saturated carbocycles. The highest BCUT2D eigenvalue weighted by molar-refractivity contribution is 9.10. The van der Waals surface area contributed by atoms with Gasteiger partial charge in [-0.05, 0) is 38.3 Å². The SMILES string of the molecule is O=c1c(Br)cncn1Cc1ccsc1. The zero-order valence-corrected chi connectivity index (χ0v) is 9.59. The van der Waals surface area contributed by atoms with Crippen molar-refractivity contribution >= 4 is 27.3 Å². The summed E-state index contributed by atoms with van der Waals surface area (Å²) >= 11 is 4.78. The number of nitrogens with zero attached hydrogens (tertiary/aromatic N) is 2. The zero-order chi connectivity index (χ0) is 9.97. The number of rotatable bonds is 2. The zero-order valence-electron chi connectivity index (χ0n) is 7.18. The number of halogens is 1. The van der Waals surface area contributed by atoms with E-state index in [1.54, 1.807) is 22.2 Å². The normalized spacial score (nSPS) is 10.4. The highest BCUT2D eigenvalue weighted by atomic mass is 79.9. The van der Waals surface area contributed by atoms with E-state index in [0.717, 1.165) is 5.56 Å². The molecule has 3 nitrogen and oxygen atoms in total. The molecule has 0 amide bonds. The van der Waals surface area contributed by atoms with Gasteiger partial charge in [-0.2, -0.15) is 11.3 Å². The van der Waals surface area contributed by atoms with Crippen LogP contribution in [0, 0.1) is 0 Å². The van der Waals surface area contributed by atoms with Crippen LogP contribution in [0.4, 0.5) is 0 Å². The Morgan fingerprint density at radius 1 is 1.57 bits per heavy atom. The average Bonchev–Trinajstić information content (AvgIpc) is 2.66. The molecule has 72 valence electrons. The maximum absolute atomic E-state index is 11.6. The average molecular weight is 271 g/mol. The minimum atomic E-state index is -0.0498. The summed E-state index contributed by atoms with van der Waals surface area (Å²) in [6, 6.07) is 2.00. The molecule has 5 heteroatoms. The first-order chi connectivity index (χ1) is 6.77. The van der Waals surface area contributed by atoms with Crippen LogP contribution in [-0.2, 0) is 6.54 Å². The molecule has 0 atom stereocenters. The summed E-state index contributed by atoms with van der Waals surface area (Å²) in [6.07, 6.45) is 3.05. The van der Waals surface area contributed by atoms with Gasteiger partial charge in [0.05, 0.1) is 12.9 Å². The van der Waals surface area contributed by atoms with Crippen molar-refractivity contribution in [1.29, 1.82) is 0 Å². The molecule has 2 aromatic rings. The number of hydrogen-bond acceptors (Lipinski definition) is 3. The smallest absolute Gasteiger partial charge is 0.267 e. The van der Waals surface area contributed by atoms with Crippen LogP contribution in [0.1, 0.15) is 5.56 Å². The molecule has 0 fully saturated rings. The van der Waals surface area contributed by atoms with Gasteiger partial charge in [-0.1, -0.05) is 0 Å². The Morgan fingerprint density at radius 3 is 3.14 bits per heavy atom. The van der Waals surface area contributed by atoms with Gasteiger partial charge in [-0.15, -0.1) is 0 Å². The highest BCUT2D eigenvalue weighted by Crippen LogP contribution is 2.07. The summed E-state index contributed by atoms with van der Waals surface area (Å²) in [5.41, 5.74) is 1.07. The molecule has 0 aromatic carbocycles. The van der Waals surface area contributed by atoms with Crippen molar-refractivity contribution in [2.45, 2.75) is 6.54 Å². The van der Waals surface area contributed by atoms with E-state index in [9.17, 15) is 4.79 Å². The lowest BCUT2D eigenvalue weighted by Crippen LogP contribution is -2.20. The molecule has 0 aliphatic rings. The molecule has 2 heterocycles. The van der Waals surface area contributed by atoms with Crippen molar-refractivity contribution in [3.8, 4) is 0 Å². The first kappa shape index (κ1) is 9.61. The lowest BCUT2D eigenvalue weighted by Gasteiger charge is -2.02. The van der Waals surface area contributed by atoms with E-state index in [0.29, 0.717) is 11.0 Å². The Bertz CT molecular complexity index is 478. The molecule has 14 heavy (non-hydrogen) atoms. The van der Waals surface area contributed by atoms with Gasteiger partial charge in [0.15, 0.2) is 0 Å². The summed E-state index contributed by atoms with van der Waals surface area (Å²) in [7, 11) is 0. The van der Waals surface area contributed by atoms with Crippen LogP contribution in [0.15, 0.2) is 38.6 Å². The summed E-state index contributed by atoms with van der Waals surface area (Å²) in [6.45, 7) is 0.578. The van der Waals surface area contributed by atoms with Crippen molar-refractivity contribution in [1.82, 2.24) is 9.55 Å². The molecular weight excluding hydrogens is 264 g/mol. The maximum atomic E-state index is 11.6. The lowest BCUT2D eigenvalue weighted by molar-refractivity contribution is 0.733. The maximum Gasteiger partial charge on any atom is 0.267 e. The van der Waals surface area contributed by atoms with E-state index in [4.69, 9.17) is 0 Å². The molecular formula is C9H7BrN2OS. The minimum Gasteiger partial charge on any atom is -0.294 e. The second-order valence-electron chi connectivity index (χ2n) is 2.81. The first-order valence-electron chi connectivity index (χ1n) is 3.98. The third-order valence-electron chi connectivity index (χ3n) is 1.79. The predicted octanol–water partition coefficient (Wildman–Crippen LogP) is 2.12. The van der Waals surface area contributed by atoms with Gasteiger partial charge in [0, 0.05) is 6.20 Å². The molecule has 0 unspecified atom stereocenters. The molecule has 0 spiro atoms. The van der Waals surface area contributed by atoms with Crippen molar-refractivity contribution in [3.63, 3.8) is 0 Å². The van der Waals surface area contributed by atoms with Crippen LogP contribution in [0.5, 0.6) is 0 Å². The topological polar surface area (TPSA) is 34.9 Å². The molecule has 0 aliphatic heterocycles. The number of aromatic nitrogens is 2. The largest absolute Gasteiger partial charge is 0.294 e.